The average Bonchev–Trinajstić information content (AvgIpc) is 2.42. The Morgan fingerprint density at radius 3 is 2.63 bits per heavy atom. The summed E-state index contributed by atoms with van der Waals surface area (Å²) >= 11 is 0. The number of nitrogens with one attached hydrogen (secondary N) is 1. The molecule has 0 heterocycles. The van der Waals surface area contributed by atoms with Crippen LogP contribution < -0.4 is 5.32 Å². The van der Waals surface area contributed by atoms with E-state index in [0.717, 1.165) is 24.8 Å². The smallest absolute Gasteiger partial charge is 0.314 e. The zero-order valence-electron chi connectivity index (χ0n) is 11.3. The van der Waals surface area contributed by atoms with Gasteiger partial charge in [-0.3, -0.25) is 4.79 Å². The van der Waals surface area contributed by atoms with Crippen LogP contribution in [-0.2, 0) is 9.53 Å². The molecular weight excluding hydrogens is 242 g/mol. The fraction of sp³-hybridized carbons (Fsp3) is 0.533. The number of aliphatic hydroxyl groups is 1. The van der Waals surface area contributed by atoms with Crippen LogP contribution in [0.1, 0.15) is 30.7 Å². The molecule has 1 aromatic rings. The molecule has 1 atom stereocenters. The fourth-order valence-electron chi connectivity index (χ4n) is 2.38. The second-order valence-corrected chi connectivity index (χ2v) is 5.20. The van der Waals surface area contributed by atoms with Gasteiger partial charge < -0.3 is 15.2 Å². The molecule has 0 aliphatic heterocycles. The van der Waals surface area contributed by atoms with E-state index in [1.165, 1.54) is 7.11 Å². The first-order chi connectivity index (χ1) is 9.14. The van der Waals surface area contributed by atoms with Gasteiger partial charge >= 0.3 is 5.97 Å². The van der Waals surface area contributed by atoms with E-state index in [0.29, 0.717) is 13.1 Å². The molecule has 1 aliphatic carbocycles. The zero-order chi connectivity index (χ0) is 13.7. The van der Waals surface area contributed by atoms with Crippen LogP contribution in [-0.4, -0.2) is 36.9 Å². The highest BCUT2D eigenvalue weighted by molar-refractivity contribution is 5.78. The molecule has 0 radical (unpaired) electrons. The molecule has 1 unspecified atom stereocenters. The Bertz CT molecular complexity index is 415. The van der Waals surface area contributed by atoms with Crippen LogP contribution in [0.5, 0.6) is 0 Å². The second-order valence-electron chi connectivity index (χ2n) is 5.20. The summed E-state index contributed by atoms with van der Waals surface area (Å²) in [7, 11) is 1.40. The van der Waals surface area contributed by atoms with Gasteiger partial charge in [0.2, 0.25) is 0 Å². The van der Waals surface area contributed by atoms with Crippen molar-refractivity contribution in [2.24, 2.45) is 0 Å². The Kier molecular flexibility index (Phi) is 4.56. The van der Waals surface area contributed by atoms with Gasteiger partial charge in [-0.25, -0.2) is 0 Å². The lowest BCUT2D eigenvalue weighted by molar-refractivity contribution is -0.142. The maximum atomic E-state index is 11.8. The number of esters is 1. The van der Waals surface area contributed by atoms with E-state index in [9.17, 15) is 9.90 Å². The van der Waals surface area contributed by atoms with Crippen LogP contribution >= 0.6 is 0 Å². The minimum Gasteiger partial charge on any atom is -0.469 e. The summed E-state index contributed by atoms with van der Waals surface area (Å²) in [5.41, 5.74) is 0.361. The molecule has 2 rings (SSSR count). The maximum absolute atomic E-state index is 11.8. The minimum atomic E-state index is -0.572. The van der Waals surface area contributed by atoms with E-state index >= 15 is 0 Å². The van der Waals surface area contributed by atoms with E-state index in [2.05, 4.69) is 5.32 Å². The highest BCUT2D eigenvalue weighted by atomic mass is 16.5. The van der Waals surface area contributed by atoms with Crippen LogP contribution in [0.2, 0.25) is 0 Å². The van der Waals surface area contributed by atoms with Crippen LogP contribution in [0, 0.1) is 0 Å². The van der Waals surface area contributed by atoms with Crippen molar-refractivity contribution >= 4 is 5.97 Å². The summed E-state index contributed by atoms with van der Waals surface area (Å²) in [4.78, 5) is 11.8. The summed E-state index contributed by atoms with van der Waals surface area (Å²) in [5.74, 6) is -0.575. The monoisotopic (exact) mass is 263 g/mol. The largest absolute Gasteiger partial charge is 0.469 e. The van der Waals surface area contributed by atoms with E-state index in [1.54, 1.807) is 0 Å². The Morgan fingerprint density at radius 2 is 2.11 bits per heavy atom. The van der Waals surface area contributed by atoms with E-state index in [-0.39, 0.29) is 11.9 Å². The first-order valence-corrected chi connectivity index (χ1v) is 6.70. The highest BCUT2D eigenvalue weighted by Gasteiger charge is 2.34. The third kappa shape index (κ3) is 3.55. The molecule has 0 aromatic heterocycles. The number of benzene rings is 1. The quantitative estimate of drug-likeness (QED) is 0.763. The molecule has 104 valence electrons. The number of ether oxygens (including phenoxy) is 1. The summed E-state index contributed by atoms with van der Waals surface area (Å²) < 4.78 is 4.85. The molecule has 19 heavy (non-hydrogen) atoms. The van der Waals surface area contributed by atoms with E-state index in [4.69, 9.17) is 4.74 Å². The molecule has 0 amide bonds. The Morgan fingerprint density at radius 1 is 1.42 bits per heavy atom. The lowest BCUT2D eigenvalue weighted by Gasteiger charge is -2.37. The number of hydrogen-bond acceptors (Lipinski definition) is 4. The van der Waals surface area contributed by atoms with Crippen molar-refractivity contribution < 1.29 is 14.6 Å². The van der Waals surface area contributed by atoms with Gasteiger partial charge in [0.25, 0.3) is 0 Å². The van der Waals surface area contributed by atoms with Gasteiger partial charge in [-0.1, -0.05) is 30.3 Å². The molecule has 4 nitrogen and oxygen atoms in total. The van der Waals surface area contributed by atoms with Crippen molar-refractivity contribution in [3.8, 4) is 0 Å². The van der Waals surface area contributed by atoms with Gasteiger partial charge in [0, 0.05) is 13.1 Å². The Labute approximate surface area is 113 Å². The third-order valence-electron chi connectivity index (χ3n) is 3.77. The van der Waals surface area contributed by atoms with Crippen molar-refractivity contribution in [2.45, 2.75) is 30.8 Å². The minimum absolute atomic E-state index is 0.251. The van der Waals surface area contributed by atoms with E-state index < -0.39 is 5.60 Å². The third-order valence-corrected chi connectivity index (χ3v) is 3.77. The molecule has 1 aromatic carbocycles. The van der Waals surface area contributed by atoms with Gasteiger partial charge in [-0.05, 0) is 24.8 Å². The first kappa shape index (κ1) is 14.0. The van der Waals surface area contributed by atoms with Crippen LogP contribution in [0.25, 0.3) is 0 Å². The molecule has 1 aliphatic rings. The predicted molar refractivity (Wildman–Crippen MR) is 72.9 cm³/mol. The molecule has 0 saturated heterocycles. The predicted octanol–water partition coefficient (Wildman–Crippen LogP) is 1.45. The Balaban J connectivity index is 1.93. The number of rotatable bonds is 6. The van der Waals surface area contributed by atoms with Crippen molar-refractivity contribution in [3.05, 3.63) is 35.9 Å². The summed E-state index contributed by atoms with van der Waals surface area (Å²) in [6.07, 6.45) is 2.76. The van der Waals surface area contributed by atoms with Gasteiger partial charge in [0.15, 0.2) is 0 Å². The standard InChI is InChI=1S/C15H21NO3/c1-19-14(17)13(12-6-3-2-4-7-12)10-16-11-15(18)8-5-9-15/h2-4,6-7,13,16,18H,5,8-11H2,1H3. The van der Waals surface area contributed by atoms with Gasteiger partial charge in [-0.2, -0.15) is 0 Å². The zero-order valence-corrected chi connectivity index (χ0v) is 11.3. The lowest BCUT2D eigenvalue weighted by atomic mass is 9.80. The van der Waals surface area contributed by atoms with Gasteiger partial charge in [0.1, 0.15) is 0 Å². The summed E-state index contributed by atoms with van der Waals surface area (Å²) in [6, 6.07) is 9.57. The Hall–Kier alpha value is -1.39. The molecule has 1 fully saturated rings. The lowest BCUT2D eigenvalue weighted by Crippen LogP contribution is -2.47. The number of hydrogen-bond donors (Lipinski definition) is 2. The summed E-state index contributed by atoms with van der Waals surface area (Å²) in [6.45, 7) is 1.02. The van der Waals surface area contributed by atoms with Crippen molar-refractivity contribution in [2.75, 3.05) is 20.2 Å². The van der Waals surface area contributed by atoms with Crippen molar-refractivity contribution in [1.82, 2.24) is 5.32 Å². The maximum Gasteiger partial charge on any atom is 0.314 e. The number of carbonyl (C=O) groups excluding carboxylic acids is 1. The molecule has 0 spiro atoms. The molecule has 0 bridgehead atoms. The number of methoxy groups -OCH3 is 1. The SMILES string of the molecule is COC(=O)C(CNCC1(O)CCC1)c1ccccc1. The van der Waals surface area contributed by atoms with E-state index in [1.807, 2.05) is 30.3 Å². The highest BCUT2D eigenvalue weighted by Crippen LogP contribution is 2.30. The molecule has 2 N–H and O–H groups in total. The second kappa shape index (κ2) is 6.17. The van der Waals surface area contributed by atoms with Gasteiger partial charge in [0.05, 0.1) is 18.6 Å². The summed E-state index contributed by atoms with van der Waals surface area (Å²) in [5, 5.41) is 13.2. The number of carbonyl (C=O) groups is 1. The molecule has 4 heteroatoms. The average molecular weight is 263 g/mol. The van der Waals surface area contributed by atoms with Crippen molar-refractivity contribution in [3.63, 3.8) is 0 Å². The van der Waals surface area contributed by atoms with Crippen molar-refractivity contribution in [1.29, 1.82) is 0 Å². The van der Waals surface area contributed by atoms with Crippen LogP contribution in [0.4, 0.5) is 0 Å². The normalized spacial score (nSPS) is 18.4. The molecule has 1 saturated carbocycles. The molecular formula is C15H21NO3. The first-order valence-electron chi connectivity index (χ1n) is 6.70. The van der Waals surface area contributed by atoms with Crippen LogP contribution in [0.15, 0.2) is 30.3 Å². The fourth-order valence-corrected chi connectivity index (χ4v) is 2.38. The van der Waals surface area contributed by atoms with Gasteiger partial charge in [-0.15, -0.1) is 0 Å². The van der Waals surface area contributed by atoms with Crippen LogP contribution in [0.3, 0.4) is 0 Å². The topological polar surface area (TPSA) is 58.6 Å².